The van der Waals surface area contributed by atoms with Crippen LogP contribution < -0.4 is 20.9 Å². The van der Waals surface area contributed by atoms with E-state index in [1.807, 2.05) is 37.3 Å². The van der Waals surface area contributed by atoms with Crippen molar-refractivity contribution in [1.82, 2.24) is 0 Å². The van der Waals surface area contributed by atoms with Gasteiger partial charge in [0, 0.05) is 34.2 Å². The molecule has 5 nitrogen and oxygen atoms in total. The first kappa shape index (κ1) is 21.2. The van der Waals surface area contributed by atoms with Crippen LogP contribution in [0.3, 0.4) is 0 Å². The molecule has 0 fully saturated rings. The Morgan fingerprint density at radius 3 is 2.48 bits per heavy atom. The zero-order chi connectivity index (χ0) is 22.3. The lowest BCUT2D eigenvalue weighted by Crippen LogP contribution is -2.47. The number of halogens is 2. The molecule has 1 heterocycles. The van der Waals surface area contributed by atoms with E-state index < -0.39 is 17.3 Å². The normalized spacial score (nSPS) is 18.2. The first-order chi connectivity index (χ1) is 14.8. The Bertz CT molecular complexity index is 1170. The van der Waals surface area contributed by atoms with Crippen LogP contribution in [0.25, 0.3) is 11.1 Å². The molecule has 1 amide bonds. The standard InChI is InChI=1S/C24H22ClFN2O3/c1-13(27)24(14-6-4-3-5-7-14)12-16-18(31-24)11-9-17(25)20(16)21-15(23(28)29)8-10-19(30-2)22(21)26/h3-11,13H,12,27H2,1-2H3,(H2,28,29)/t13-,24+/m0/s1. The highest BCUT2D eigenvalue weighted by Crippen LogP contribution is 2.50. The summed E-state index contributed by atoms with van der Waals surface area (Å²) in [7, 11) is 1.35. The van der Waals surface area contributed by atoms with E-state index in [-0.39, 0.29) is 27.9 Å². The van der Waals surface area contributed by atoms with Crippen LogP contribution in [0.4, 0.5) is 4.39 Å². The van der Waals surface area contributed by atoms with Gasteiger partial charge >= 0.3 is 0 Å². The molecule has 7 heteroatoms. The second-order valence-electron chi connectivity index (χ2n) is 7.59. The third-order valence-corrected chi connectivity index (χ3v) is 6.11. The molecule has 1 aliphatic heterocycles. The molecule has 3 aromatic rings. The fraction of sp³-hybridized carbons (Fsp3) is 0.208. The molecule has 3 aromatic carbocycles. The summed E-state index contributed by atoms with van der Waals surface area (Å²) in [6.45, 7) is 1.86. The highest BCUT2D eigenvalue weighted by atomic mass is 35.5. The largest absolute Gasteiger partial charge is 0.494 e. The smallest absolute Gasteiger partial charge is 0.249 e. The molecule has 1 aliphatic rings. The first-order valence-electron chi connectivity index (χ1n) is 9.78. The topological polar surface area (TPSA) is 87.6 Å². The number of amides is 1. The number of nitrogens with two attached hydrogens (primary N) is 2. The van der Waals surface area contributed by atoms with Gasteiger partial charge in [0.15, 0.2) is 17.2 Å². The molecule has 0 spiro atoms. The van der Waals surface area contributed by atoms with E-state index in [1.165, 1.54) is 19.2 Å². The van der Waals surface area contributed by atoms with E-state index in [1.54, 1.807) is 12.1 Å². The molecule has 4 N–H and O–H groups in total. The van der Waals surface area contributed by atoms with Crippen LogP contribution >= 0.6 is 11.6 Å². The maximum Gasteiger partial charge on any atom is 0.249 e. The van der Waals surface area contributed by atoms with Crippen molar-refractivity contribution in [2.45, 2.75) is 25.0 Å². The van der Waals surface area contributed by atoms with Crippen LogP contribution in [0.1, 0.15) is 28.4 Å². The number of rotatable bonds is 5. The Morgan fingerprint density at radius 1 is 1.16 bits per heavy atom. The fourth-order valence-corrected chi connectivity index (χ4v) is 4.47. The van der Waals surface area contributed by atoms with E-state index in [4.69, 9.17) is 32.5 Å². The monoisotopic (exact) mass is 440 g/mol. The molecule has 4 rings (SSSR count). The first-order valence-corrected chi connectivity index (χ1v) is 10.2. The summed E-state index contributed by atoms with van der Waals surface area (Å²) < 4.78 is 27.0. The van der Waals surface area contributed by atoms with Crippen LogP contribution in [0.2, 0.25) is 5.02 Å². The zero-order valence-electron chi connectivity index (χ0n) is 17.1. The van der Waals surface area contributed by atoms with Crippen molar-refractivity contribution in [3.63, 3.8) is 0 Å². The summed E-state index contributed by atoms with van der Waals surface area (Å²) in [5.41, 5.74) is 13.0. The Morgan fingerprint density at radius 2 is 1.87 bits per heavy atom. The molecule has 0 aliphatic carbocycles. The average Bonchev–Trinajstić information content (AvgIpc) is 3.16. The number of primary amides is 1. The Kier molecular flexibility index (Phi) is 5.37. The van der Waals surface area contributed by atoms with Gasteiger partial charge in [-0.25, -0.2) is 4.39 Å². The fourth-order valence-electron chi connectivity index (χ4n) is 4.20. The van der Waals surface area contributed by atoms with Crippen molar-refractivity contribution in [3.8, 4) is 22.6 Å². The van der Waals surface area contributed by atoms with Crippen LogP contribution in [-0.2, 0) is 12.0 Å². The lowest BCUT2D eigenvalue weighted by molar-refractivity contribution is 0.0686. The minimum absolute atomic E-state index is 0.00612. The van der Waals surface area contributed by atoms with Gasteiger partial charge in [-0.3, -0.25) is 4.79 Å². The molecule has 0 radical (unpaired) electrons. The Labute approximate surface area is 184 Å². The van der Waals surface area contributed by atoms with Crippen molar-refractivity contribution in [3.05, 3.63) is 82.1 Å². The number of hydrogen-bond acceptors (Lipinski definition) is 4. The van der Waals surface area contributed by atoms with Gasteiger partial charge in [-0.15, -0.1) is 0 Å². The van der Waals surface area contributed by atoms with Gasteiger partial charge in [-0.05, 0) is 36.8 Å². The number of methoxy groups -OCH3 is 1. The maximum atomic E-state index is 15.4. The second kappa shape index (κ2) is 7.87. The highest BCUT2D eigenvalue weighted by Gasteiger charge is 2.46. The van der Waals surface area contributed by atoms with Crippen molar-refractivity contribution in [2.75, 3.05) is 7.11 Å². The molecule has 31 heavy (non-hydrogen) atoms. The van der Waals surface area contributed by atoms with Crippen molar-refractivity contribution < 1.29 is 18.7 Å². The van der Waals surface area contributed by atoms with Crippen LogP contribution in [-0.4, -0.2) is 19.1 Å². The highest BCUT2D eigenvalue weighted by molar-refractivity contribution is 6.34. The van der Waals surface area contributed by atoms with Gasteiger partial charge in [-0.1, -0.05) is 41.9 Å². The van der Waals surface area contributed by atoms with Gasteiger partial charge in [0.25, 0.3) is 0 Å². The molecular weight excluding hydrogens is 419 g/mol. The van der Waals surface area contributed by atoms with Crippen LogP contribution in [0.5, 0.6) is 11.5 Å². The lowest BCUT2D eigenvalue weighted by atomic mass is 9.81. The predicted molar refractivity (Wildman–Crippen MR) is 118 cm³/mol. The number of carbonyl (C=O) groups is 1. The molecule has 0 bridgehead atoms. The van der Waals surface area contributed by atoms with Gasteiger partial charge in [0.05, 0.1) is 12.7 Å². The Balaban J connectivity index is 1.98. The Hall–Kier alpha value is -3.09. The third kappa shape index (κ3) is 3.32. The molecule has 160 valence electrons. The predicted octanol–water partition coefficient (Wildman–Crippen LogP) is 4.43. The minimum Gasteiger partial charge on any atom is -0.494 e. The van der Waals surface area contributed by atoms with Gasteiger partial charge in [0.1, 0.15) is 5.75 Å². The number of benzene rings is 3. The van der Waals surface area contributed by atoms with E-state index in [9.17, 15) is 4.79 Å². The molecule has 0 aromatic heterocycles. The van der Waals surface area contributed by atoms with Gasteiger partial charge < -0.3 is 20.9 Å². The molecular formula is C24H22ClFN2O3. The number of hydrogen-bond donors (Lipinski definition) is 2. The maximum absolute atomic E-state index is 15.4. The van der Waals surface area contributed by atoms with Crippen molar-refractivity contribution in [1.29, 1.82) is 0 Å². The summed E-state index contributed by atoms with van der Waals surface area (Å²) in [6, 6.07) is 15.4. The van der Waals surface area contributed by atoms with Crippen LogP contribution in [0.15, 0.2) is 54.6 Å². The number of carbonyl (C=O) groups excluding carboxylic acids is 1. The van der Waals surface area contributed by atoms with E-state index in [2.05, 4.69) is 0 Å². The van der Waals surface area contributed by atoms with E-state index in [0.717, 1.165) is 5.56 Å². The summed E-state index contributed by atoms with van der Waals surface area (Å²) in [4.78, 5) is 12.1. The minimum atomic E-state index is -0.870. The SMILES string of the molecule is COc1ccc(C(N)=O)c(-c2c(Cl)ccc3c2C[C@](c2ccccc2)([C@H](C)N)O3)c1F. The summed E-state index contributed by atoms with van der Waals surface area (Å²) >= 11 is 6.56. The van der Waals surface area contributed by atoms with Crippen LogP contribution in [0, 0.1) is 5.82 Å². The summed E-state index contributed by atoms with van der Waals surface area (Å²) in [5, 5.41) is 0.269. The zero-order valence-corrected chi connectivity index (χ0v) is 17.9. The van der Waals surface area contributed by atoms with Gasteiger partial charge in [0.2, 0.25) is 5.91 Å². The summed E-state index contributed by atoms with van der Waals surface area (Å²) in [6.07, 6.45) is 0.342. The molecule has 0 saturated heterocycles. The third-order valence-electron chi connectivity index (χ3n) is 5.79. The second-order valence-corrected chi connectivity index (χ2v) is 8.00. The number of ether oxygens (including phenoxy) is 2. The molecule has 0 saturated carbocycles. The van der Waals surface area contributed by atoms with Crippen molar-refractivity contribution >= 4 is 17.5 Å². The average molecular weight is 441 g/mol. The van der Waals surface area contributed by atoms with E-state index >= 15 is 4.39 Å². The summed E-state index contributed by atoms with van der Waals surface area (Å²) in [5.74, 6) is -0.981. The van der Waals surface area contributed by atoms with Gasteiger partial charge in [-0.2, -0.15) is 0 Å². The lowest BCUT2D eigenvalue weighted by Gasteiger charge is -2.33. The molecule has 0 unspecified atom stereocenters. The molecule has 2 atom stereocenters. The van der Waals surface area contributed by atoms with E-state index in [0.29, 0.717) is 23.3 Å². The quantitative estimate of drug-likeness (QED) is 0.614. The number of fused-ring (bicyclic) bond motifs is 1. The van der Waals surface area contributed by atoms with Crippen molar-refractivity contribution in [2.24, 2.45) is 11.5 Å².